The van der Waals surface area contributed by atoms with E-state index in [0.29, 0.717) is 59.2 Å². The van der Waals surface area contributed by atoms with Gasteiger partial charge < -0.3 is 24.1 Å². The molecular weight excluding hydrogens is 450 g/mol. The number of piperidine rings is 1. The number of nitrogens with zero attached hydrogens (tertiary/aromatic N) is 1. The summed E-state index contributed by atoms with van der Waals surface area (Å²) in [7, 11) is 3.12. The van der Waals surface area contributed by atoms with Crippen molar-refractivity contribution in [3.05, 3.63) is 52.3 Å². The van der Waals surface area contributed by atoms with Gasteiger partial charge in [0.15, 0.2) is 5.76 Å². The van der Waals surface area contributed by atoms with Crippen molar-refractivity contribution in [1.82, 2.24) is 4.90 Å². The molecule has 2 aromatic carbocycles. The second-order valence-electron chi connectivity index (χ2n) is 8.77. The van der Waals surface area contributed by atoms with E-state index in [1.54, 1.807) is 58.4 Å². The highest BCUT2D eigenvalue weighted by Crippen LogP contribution is 2.43. The number of Topliss-reactive ketones (excluding diaryl/α,β-unsaturated/α-hetero) is 1. The van der Waals surface area contributed by atoms with Gasteiger partial charge in [-0.25, -0.2) is 0 Å². The lowest BCUT2D eigenvalue weighted by Gasteiger charge is -2.31. The van der Waals surface area contributed by atoms with Crippen LogP contribution in [0.3, 0.4) is 0 Å². The van der Waals surface area contributed by atoms with Crippen molar-refractivity contribution in [2.75, 3.05) is 33.9 Å². The van der Waals surface area contributed by atoms with Crippen molar-refractivity contribution in [2.24, 2.45) is 5.92 Å². The number of phenolic OH excluding ortho intramolecular Hbond substituents is 1. The molecule has 0 bridgehead atoms. The summed E-state index contributed by atoms with van der Waals surface area (Å²) in [5, 5.41) is 10.8. The molecule has 8 nitrogen and oxygen atoms in total. The summed E-state index contributed by atoms with van der Waals surface area (Å²) in [6, 6.07) is 6.89. The van der Waals surface area contributed by atoms with Crippen LogP contribution in [0.2, 0.25) is 0 Å². The molecule has 2 aliphatic rings. The van der Waals surface area contributed by atoms with Crippen LogP contribution in [0.5, 0.6) is 23.0 Å². The molecule has 0 aliphatic carbocycles. The zero-order valence-corrected chi connectivity index (χ0v) is 20.6. The lowest BCUT2D eigenvalue weighted by atomic mass is 9.96. The van der Waals surface area contributed by atoms with Crippen LogP contribution in [0.1, 0.15) is 46.8 Å². The number of hydrogen-bond donors (Lipinski definition) is 1. The maximum Gasteiger partial charge on any atom is 0.310 e. The van der Waals surface area contributed by atoms with E-state index < -0.39 is 0 Å². The van der Waals surface area contributed by atoms with Crippen LogP contribution >= 0.6 is 0 Å². The van der Waals surface area contributed by atoms with Crippen molar-refractivity contribution in [1.29, 1.82) is 0 Å². The molecule has 186 valence electrons. The number of fused-ring (bicyclic) bond motifs is 1. The minimum Gasteiger partial charge on any atom is -0.507 e. The predicted octanol–water partition coefficient (Wildman–Crippen LogP) is 4.11. The molecule has 2 aromatic rings. The molecule has 1 atom stereocenters. The van der Waals surface area contributed by atoms with E-state index in [1.807, 2.05) is 0 Å². The Morgan fingerprint density at radius 3 is 2.77 bits per heavy atom. The number of aromatic hydroxyl groups is 1. The number of methoxy groups -OCH3 is 2. The van der Waals surface area contributed by atoms with Crippen LogP contribution in [0.15, 0.2) is 30.0 Å². The average Bonchev–Trinajstić information content (AvgIpc) is 3.18. The van der Waals surface area contributed by atoms with E-state index in [1.165, 1.54) is 0 Å². The lowest BCUT2D eigenvalue weighted by molar-refractivity contribution is -0.150. The first-order chi connectivity index (χ1) is 16.9. The third-order valence-electron chi connectivity index (χ3n) is 6.45. The second-order valence-corrected chi connectivity index (χ2v) is 8.77. The molecule has 2 heterocycles. The Morgan fingerprint density at radius 2 is 2.06 bits per heavy atom. The highest BCUT2D eigenvalue weighted by molar-refractivity contribution is 6.16. The topological polar surface area (TPSA) is 94.5 Å². The third kappa shape index (κ3) is 4.98. The fraction of sp³-hybridized carbons (Fsp3) is 0.407. The van der Waals surface area contributed by atoms with Gasteiger partial charge in [-0.05, 0) is 69.1 Å². The Bertz CT molecular complexity index is 1170. The van der Waals surface area contributed by atoms with Gasteiger partial charge in [0.05, 0.1) is 37.9 Å². The van der Waals surface area contributed by atoms with Crippen molar-refractivity contribution in [2.45, 2.75) is 33.2 Å². The Morgan fingerprint density at radius 1 is 1.26 bits per heavy atom. The van der Waals surface area contributed by atoms with Crippen LogP contribution in [0.25, 0.3) is 6.08 Å². The Kier molecular flexibility index (Phi) is 7.31. The maximum atomic E-state index is 13.3. The summed E-state index contributed by atoms with van der Waals surface area (Å²) in [6.07, 6.45) is 3.25. The minimum atomic E-state index is -0.258. The first kappa shape index (κ1) is 24.6. The normalized spacial score (nSPS) is 18.8. The van der Waals surface area contributed by atoms with Gasteiger partial charge in [0.2, 0.25) is 5.78 Å². The number of esters is 1. The number of ether oxygens (including phenoxy) is 4. The minimum absolute atomic E-state index is 0.0625. The van der Waals surface area contributed by atoms with E-state index >= 15 is 0 Å². The Labute approximate surface area is 205 Å². The number of aryl methyl sites for hydroxylation is 1. The number of allylic oxidation sites excluding steroid dienone is 1. The summed E-state index contributed by atoms with van der Waals surface area (Å²) < 4.78 is 22.0. The van der Waals surface area contributed by atoms with Gasteiger partial charge in [-0.1, -0.05) is 0 Å². The fourth-order valence-electron chi connectivity index (χ4n) is 4.70. The lowest BCUT2D eigenvalue weighted by Crippen LogP contribution is -2.39. The molecule has 0 aromatic heterocycles. The molecular formula is C27H31NO7. The maximum absolute atomic E-state index is 13.3. The smallest absolute Gasteiger partial charge is 0.310 e. The second kappa shape index (κ2) is 10.4. The van der Waals surface area contributed by atoms with Crippen LogP contribution in [-0.4, -0.2) is 55.7 Å². The van der Waals surface area contributed by atoms with Crippen molar-refractivity contribution < 1.29 is 33.6 Å². The van der Waals surface area contributed by atoms with Gasteiger partial charge in [0.1, 0.15) is 23.0 Å². The SMILES string of the molecule is CCOC(=O)C1CCCN(Cc2c(O)cc(C)c3c2O/C(=C\c2cc(OC)ccc2OC)C3=O)C1. The number of rotatable bonds is 7. The molecule has 0 spiro atoms. The quantitative estimate of drug-likeness (QED) is 0.466. The molecule has 1 unspecified atom stereocenters. The summed E-state index contributed by atoms with van der Waals surface area (Å²) in [4.78, 5) is 27.7. The highest BCUT2D eigenvalue weighted by atomic mass is 16.5. The molecule has 1 N–H and O–H groups in total. The van der Waals surface area contributed by atoms with Crippen LogP contribution in [0, 0.1) is 12.8 Å². The van der Waals surface area contributed by atoms with Crippen LogP contribution < -0.4 is 14.2 Å². The summed E-state index contributed by atoms with van der Waals surface area (Å²) in [5.41, 5.74) is 2.24. The fourth-order valence-corrected chi connectivity index (χ4v) is 4.70. The molecule has 8 heteroatoms. The van der Waals surface area contributed by atoms with Gasteiger partial charge >= 0.3 is 5.97 Å². The molecule has 1 fully saturated rings. The van der Waals surface area contributed by atoms with Crippen LogP contribution in [0.4, 0.5) is 0 Å². The monoisotopic (exact) mass is 481 g/mol. The predicted molar refractivity (Wildman–Crippen MR) is 130 cm³/mol. The zero-order valence-electron chi connectivity index (χ0n) is 20.6. The summed E-state index contributed by atoms with van der Waals surface area (Å²) in [6.45, 7) is 5.58. The first-order valence-electron chi connectivity index (χ1n) is 11.8. The number of ketones is 1. The van der Waals surface area contributed by atoms with Gasteiger partial charge in [0, 0.05) is 18.7 Å². The van der Waals surface area contributed by atoms with E-state index in [9.17, 15) is 14.7 Å². The zero-order chi connectivity index (χ0) is 25.1. The van der Waals surface area contributed by atoms with E-state index in [-0.39, 0.29) is 29.2 Å². The standard InChI is InChI=1S/C27H31NO7/c1-5-34-27(31)17-7-6-10-28(14-17)15-20-21(29)11-16(2)24-25(30)23(35-26(20)24)13-18-12-19(32-3)8-9-22(18)33-4/h8-9,11-13,17,29H,5-7,10,14-15H2,1-4H3/b23-13-. The molecule has 0 saturated carbocycles. The number of benzene rings is 2. The van der Waals surface area contributed by atoms with Crippen LogP contribution in [-0.2, 0) is 16.1 Å². The van der Waals surface area contributed by atoms with E-state index in [0.717, 1.165) is 19.4 Å². The summed E-state index contributed by atoms with van der Waals surface area (Å²) >= 11 is 0. The van der Waals surface area contributed by atoms with Gasteiger partial charge in [-0.3, -0.25) is 14.5 Å². The highest BCUT2D eigenvalue weighted by Gasteiger charge is 2.35. The van der Waals surface area contributed by atoms with Crippen molar-refractivity contribution >= 4 is 17.8 Å². The number of phenols is 1. The van der Waals surface area contributed by atoms with Crippen molar-refractivity contribution in [3.63, 3.8) is 0 Å². The average molecular weight is 482 g/mol. The molecule has 1 saturated heterocycles. The molecule has 0 amide bonds. The Balaban J connectivity index is 1.65. The molecule has 0 radical (unpaired) electrons. The number of hydrogen-bond acceptors (Lipinski definition) is 8. The van der Waals surface area contributed by atoms with Gasteiger partial charge in [-0.2, -0.15) is 0 Å². The van der Waals surface area contributed by atoms with E-state index in [4.69, 9.17) is 18.9 Å². The molecule has 4 rings (SSSR count). The first-order valence-corrected chi connectivity index (χ1v) is 11.8. The van der Waals surface area contributed by atoms with E-state index in [2.05, 4.69) is 4.90 Å². The molecule has 35 heavy (non-hydrogen) atoms. The third-order valence-corrected chi connectivity index (χ3v) is 6.45. The number of likely N-dealkylation sites (tertiary alicyclic amines) is 1. The number of carbonyl (C=O) groups is 2. The Hall–Kier alpha value is -3.52. The molecule has 2 aliphatic heterocycles. The number of carbonyl (C=O) groups excluding carboxylic acids is 2. The summed E-state index contributed by atoms with van der Waals surface area (Å²) in [5.74, 6) is 1.10. The van der Waals surface area contributed by atoms with Crippen molar-refractivity contribution in [3.8, 4) is 23.0 Å². The van der Waals surface area contributed by atoms with Gasteiger partial charge in [0.25, 0.3) is 0 Å². The largest absolute Gasteiger partial charge is 0.507 e. The van der Waals surface area contributed by atoms with Gasteiger partial charge in [-0.15, -0.1) is 0 Å².